The molecular weight excluding hydrogens is 282 g/mol. The Kier molecular flexibility index (Phi) is 4.21. The summed E-state index contributed by atoms with van der Waals surface area (Å²) in [5.41, 5.74) is 1.12. The van der Waals surface area contributed by atoms with Gasteiger partial charge in [0.25, 0.3) is 5.22 Å². The highest BCUT2D eigenvalue weighted by Crippen LogP contribution is 2.35. The van der Waals surface area contributed by atoms with E-state index in [-0.39, 0.29) is 0 Å². The standard InChI is InChI=1S/C13H13NO3S2/c1-7-8(2)17-13(14-7)19-10-6-4-5-9(18-3)11(10)12(15)16/h4-6H,1-3H3,(H,15,16). The highest BCUT2D eigenvalue weighted by molar-refractivity contribution is 7.99. The Morgan fingerprint density at radius 1 is 1.32 bits per heavy atom. The third kappa shape index (κ3) is 2.96. The van der Waals surface area contributed by atoms with Crippen LogP contribution < -0.4 is 0 Å². The molecule has 100 valence electrons. The molecule has 4 nitrogen and oxygen atoms in total. The number of rotatable bonds is 4. The smallest absolute Gasteiger partial charge is 0.337 e. The number of hydrogen-bond donors (Lipinski definition) is 1. The number of aromatic carboxylic acids is 1. The topological polar surface area (TPSA) is 63.3 Å². The number of benzene rings is 1. The van der Waals surface area contributed by atoms with Gasteiger partial charge >= 0.3 is 5.97 Å². The van der Waals surface area contributed by atoms with Crippen molar-refractivity contribution in [3.05, 3.63) is 35.2 Å². The van der Waals surface area contributed by atoms with E-state index in [0.717, 1.165) is 16.3 Å². The van der Waals surface area contributed by atoms with E-state index in [4.69, 9.17) is 4.42 Å². The predicted octanol–water partition coefficient (Wildman–Crippen LogP) is 3.86. The first-order chi connectivity index (χ1) is 9.02. The van der Waals surface area contributed by atoms with Crippen LogP contribution in [-0.2, 0) is 0 Å². The average Bonchev–Trinajstić information content (AvgIpc) is 2.67. The van der Waals surface area contributed by atoms with Crippen LogP contribution in [0.25, 0.3) is 0 Å². The molecule has 0 unspecified atom stereocenters. The van der Waals surface area contributed by atoms with Gasteiger partial charge in [-0.2, -0.15) is 0 Å². The van der Waals surface area contributed by atoms with Crippen molar-refractivity contribution in [3.63, 3.8) is 0 Å². The van der Waals surface area contributed by atoms with Crippen molar-refractivity contribution in [2.45, 2.75) is 28.9 Å². The van der Waals surface area contributed by atoms with Crippen molar-refractivity contribution in [3.8, 4) is 0 Å². The van der Waals surface area contributed by atoms with Gasteiger partial charge in [0.1, 0.15) is 5.76 Å². The van der Waals surface area contributed by atoms with Gasteiger partial charge in [-0.15, -0.1) is 11.8 Å². The number of carboxylic acids is 1. The van der Waals surface area contributed by atoms with Crippen molar-refractivity contribution in [1.82, 2.24) is 4.98 Å². The second kappa shape index (κ2) is 5.71. The quantitative estimate of drug-likeness (QED) is 0.864. The lowest BCUT2D eigenvalue weighted by molar-refractivity contribution is 0.0689. The van der Waals surface area contributed by atoms with Gasteiger partial charge in [0.2, 0.25) is 0 Å². The van der Waals surface area contributed by atoms with Gasteiger partial charge in [-0.05, 0) is 44.0 Å². The molecule has 1 aromatic carbocycles. The molecule has 0 aliphatic heterocycles. The second-order valence-corrected chi connectivity index (χ2v) is 5.70. The molecule has 0 radical (unpaired) electrons. The number of aromatic nitrogens is 1. The van der Waals surface area contributed by atoms with Crippen LogP contribution in [0, 0.1) is 13.8 Å². The molecule has 1 aromatic heterocycles. The summed E-state index contributed by atoms with van der Waals surface area (Å²) >= 11 is 2.65. The maximum atomic E-state index is 11.4. The van der Waals surface area contributed by atoms with E-state index >= 15 is 0 Å². The molecule has 0 bridgehead atoms. The van der Waals surface area contributed by atoms with Gasteiger partial charge < -0.3 is 9.52 Å². The Balaban J connectivity index is 2.42. The van der Waals surface area contributed by atoms with Crippen molar-refractivity contribution >= 4 is 29.5 Å². The Bertz CT molecular complexity index is 603. The molecule has 0 fully saturated rings. The molecule has 2 aromatic rings. The molecule has 0 spiro atoms. The minimum atomic E-state index is -0.938. The highest BCUT2D eigenvalue weighted by Gasteiger charge is 2.18. The third-order valence-electron chi connectivity index (χ3n) is 2.63. The van der Waals surface area contributed by atoms with E-state index in [9.17, 15) is 9.90 Å². The summed E-state index contributed by atoms with van der Waals surface area (Å²) in [5, 5.41) is 9.81. The maximum absolute atomic E-state index is 11.4. The van der Waals surface area contributed by atoms with Gasteiger partial charge in [0.15, 0.2) is 0 Å². The zero-order valence-corrected chi connectivity index (χ0v) is 12.4. The van der Waals surface area contributed by atoms with Gasteiger partial charge in [-0.3, -0.25) is 0 Å². The summed E-state index contributed by atoms with van der Waals surface area (Å²) in [4.78, 5) is 17.0. The fourth-order valence-electron chi connectivity index (χ4n) is 1.56. The molecule has 6 heteroatoms. The zero-order chi connectivity index (χ0) is 14.0. The van der Waals surface area contributed by atoms with E-state index < -0.39 is 5.97 Å². The molecule has 1 heterocycles. The van der Waals surface area contributed by atoms with E-state index in [1.54, 1.807) is 12.1 Å². The molecule has 0 atom stereocenters. The zero-order valence-electron chi connectivity index (χ0n) is 10.8. The van der Waals surface area contributed by atoms with E-state index in [1.165, 1.54) is 23.5 Å². The number of thioether (sulfide) groups is 1. The van der Waals surface area contributed by atoms with Gasteiger partial charge in [0.05, 0.1) is 11.3 Å². The Morgan fingerprint density at radius 2 is 2.00 bits per heavy atom. The lowest BCUT2D eigenvalue weighted by Crippen LogP contribution is -2.01. The molecule has 2 rings (SSSR count). The van der Waals surface area contributed by atoms with Crippen molar-refractivity contribution in [1.29, 1.82) is 0 Å². The summed E-state index contributed by atoms with van der Waals surface area (Å²) < 4.78 is 5.48. The fraction of sp³-hybridized carbons (Fsp3) is 0.231. The monoisotopic (exact) mass is 295 g/mol. The van der Waals surface area contributed by atoms with E-state index in [0.29, 0.717) is 15.7 Å². The summed E-state index contributed by atoms with van der Waals surface area (Å²) in [5.74, 6) is -0.187. The largest absolute Gasteiger partial charge is 0.478 e. The number of carboxylic acid groups (broad SMARTS) is 1. The van der Waals surface area contributed by atoms with Gasteiger partial charge in [-0.1, -0.05) is 6.07 Å². The van der Waals surface area contributed by atoms with E-state index in [1.807, 2.05) is 26.2 Å². The Hall–Kier alpha value is -1.40. The lowest BCUT2D eigenvalue weighted by Gasteiger charge is -2.07. The van der Waals surface area contributed by atoms with Crippen molar-refractivity contribution in [2.75, 3.05) is 6.26 Å². The molecule has 0 saturated heterocycles. The number of aryl methyl sites for hydroxylation is 2. The predicted molar refractivity (Wildman–Crippen MR) is 75.3 cm³/mol. The number of nitrogens with zero attached hydrogens (tertiary/aromatic N) is 1. The minimum absolute atomic E-state index is 0.300. The first-order valence-corrected chi connectivity index (χ1v) is 7.59. The van der Waals surface area contributed by atoms with Gasteiger partial charge in [-0.25, -0.2) is 9.78 Å². The molecular formula is C13H13NO3S2. The lowest BCUT2D eigenvalue weighted by atomic mass is 10.2. The van der Waals surface area contributed by atoms with Crippen LogP contribution >= 0.6 is 23.5 Å². The van der Waals surface area contributed by atoms with Crippen LogP contribution in [0.15, 0.2) is 37.6 Å². The average molecular weight is 295 g/mol. The SMILES string of the molecule is CSc1cccc(Sc2nc(C)c(C)o2)c1C(=O)O. The van der Waals surface area contributed by atoms with Crippen LogP contribution in [0.1, 0.15) is 21.8 Å². The van der Waals surface area contributed by atoms with Gasteiger partial charge in [0, 0.05) is 9.79 Å². The normalized spacial score (nSPS) is 10.7. The molecule has 0 aliphatic rings. The van der Waals surface area contributed by atoms with Crippen LogP contribution in [0.5, 0.6) is 0 Å². The Labute approximate surface area is 119 Å². The van der Waals surface area contributed by atoms with Crippen molar-refractivity contribution in [2.24, 2.45) is 0 Å². The van der Waals surface area contributed by atoms with E-state index in [2.05, 4.69) is 4.98 Å². The third-order valence-corrected chi connectivity index (χ3v) is 4.32. The van der Waals surface area contributed by atoms with Crippen LogP contribution in [0.4, 0.5) is 0 Å². The number of hydrogen-bond acceptors (Lipinski definition) is 5. The number of oxazole rings is 1. The summed E-state index contributed by atoms with van der Waals surface area (Å²) in [6.45, 7) is 3.70. The molecule has 0 aliphatic carbocycles. The molecule has 1 N–H and O–H groups in total. The first-order valence-electron chi connectivity index (χ1n) is 5.55. The summed E-state index contributed by atoms with van der Waals surface area (Å²) in [6, 6.07) is 5.40. The molecule has 19 heavy (non-hydrogen) atoms. The molecule has 0 amide bonds. The fourth-order valence-corrected chi connectivity index (χ4v) is 3.22. The van der Waals surface area contributed by atoms with Crippen LogP contribution in [0.3, 0.4) is 0 Å². The molecule has 0 saturated carbocycles. The van der Waals surface area contributed by atoms with Crippen LogP contribution in [0.2, 0.25) is 0 Å². The highest BCUT2D eigenvalue weighted by atomic mass is 32.2. The summed E-state index contributed by atoms with van der Waals surface area (Å²) in [7, 11) is 0. The first kappa shape index (κ1) is 14.0. The maximum Gasteiger partial charge on any atom is 0.337 e. The summed E-state index contributed by atoms with van der Waals surface area (Å²) in [6.07, 6.45) is 1.86. The van der Waals surface area contributed by atoms with Crippen molar-refractivity contribution < 1.29 is 14.3 Å². The minimum Gasteiger partial charge on any atom is -0.478 e. The number of carbonyl (C=O) groups is 1. The van der Waals surface area contributed by atoms with Crippen LogP contribution in [-0.4, -0.2) is 22.3 Å². The Morgan fingerprint density at radius 3 is 2.53 bits per heavy atom. The second-order valence-electron chi connectivity index (χ2n) is 3.86.